The Morgan fingerprint density at radius 2 is 1.88 bits per heavy atom. The number of aromatic nitrogens is 2. The molecule has 0 N–H and O–H groups in total. The van der Waals surface area contributed by atoms with Gasteiger partial charge in [0.05, 0.1) is 22.5 Å². The van der Waals surface area contributed by atoms with Gasteiger partial charge in [-0.25, -0.2) is 9.36 Å². The van der Waals surface area contributed by atoms with E-state index in [0.717, 1.165) is 15.0 Å². The molecule has 0 atom stereocenters. The van der Waals surface area contributed by atoms with Gasteiger partial charge in [0.25, 0.3) is 11.2 Å². The zero-order valence-electron chi connectivity index (χ0n) is 17.2. The summed E-state index contributed by atoms with van der Waals surface area (Å²) in [6.07, 6.45) is 0. The largest absolute Gasteiger partial charge is 0.454 e. The van der Waals surface area contributed by atoms with Crippen LogP contribution in [-0.4, -0.2) is 20.9 Å². The summed E-state index contributed by atoms with van der Waals surface area (Å²) >= 11 is 1.36. The number of nitrogens with zero attached hydrogens (tertiary/aromatic N) is 3. The molecule has 3 heterocycles. The van der Waals surface area contributed by atoms with Crippen LogP contribution in [0.25, 0.3) is 15.9 Å². The minimum atomic E-state index is -0.533. The fraction of sp³-hybridized carbons (Fsp3) is 0.182. The molecule has 0 saturated heterocycles. The minimum Gasteiger partial charge on any atom is -0.454 e. The maximum absolute atomic E-state index is 13.6. The molecule has 0 saturated carbocycles. The van der Waals surface area contributed by atoms with Crippen LogP contribution in [0, 0.1) is 24.0 Å². The molecule has 0 unspecified atom stereocenters. The van der Waals surface area contributed by atoms with Gasteiger partial charge >= 0.3 is 5.69 Å². The number of benzene rings is 2. The van der Waals surface area contributed by atoms with E-state index in [1.54, 1.807) is 30.3 Å². The summed E-state index contributed by atoms with van der Waals surface area (Å²) < 4.78 is 13.3. The van der Waals surface area contributed by atoms with Crippen LogP contribution in [-0.2, 0) is 6.54 Å². The van der Waals surface area contributed by atoms with E-state index in [1.165, 1.54) is 28.0 Å². The second-order valence-corrected chi connectivity index (χ2v) is 8.64. The van der Waals surface area contributed by atoms with Crippen LogP contribution in [0.5, 0.6) is 11.5 Å². The molecule has 0 amide bonds. The van der Waals surface area contributed by atoms with Gasteiger partial charge in [0.2, 0.25) is 6.79 Å². The molecule has 5 rings (SSSR count). The third-order valence-corrected chi connectivity index (χ3v) is 6.76. The maximum atomic E-state index is 13.6. The Kier molecular flexibility index (Phi) is 4.59. The first-order chi connectivity index (χ1) is 15.3. The number of nitro groups is 1. The number of fused-ring (bicyclic) bond motifs is 2. The van der Waals surface area contributed by atoms with Gasteiger partial charge in [-0.15, -0.1) is 11.3 Å². The van der Waals surface area contributed by atoms with Crippen LogP contribution in [0.1, 0.15) is 16.0 Å². The van der Waals surface area contributed by atoms with Crippen molar-refractivity contribution in [1.29, 1.82) is 0 Å². The molecule has 9 nitrogen and oxygen atoms in total. The zero-order chi connectivity index (χ0) is 22.6. The summed E-state index contributed by atoms with van der Waals surface area (Å²) in [4.78, 5) is 39.2. The number of rotatable bonds is 4. The van der Waals surface area contributed by atoms with Gasteiger partial charge in [-0.2, -0.15) is 0 Å². The van der Waals surface area contributed by atoms with Crippen LogP contribution >= 0.6 is 11.3 Å². The van der Waals surface area contributed by atoms with E-state index in [-0.39, 0.29) is 19.0 Å². The van der Waals surface area contributed by atoms with Crippen LogP contribution in [0.2, 0.25) is 0 Å². The lowest BCUT2D eigenvalue weighted by atomic mass is 10.2. The molecule has 2 aromatic carbocycles. The third-order valence-electron chi connectivity index (χ3n) is 5.53. The first-order valence-electron chi connectivity index (χ1n) is 9.74. The Hall–Kier alpha value is -3.92. The maximum Gasteiger partial charge on any atom is 0.337 e. The molecule has 1 aliphatic heterocycles. The molecule has 0 radical (unpaired) electrons. The smallest absolute Gasteiger partial charge is 0.337 e. The molecule has 0 fully saturated rings. The van der Waals surface area contributed by atoms with Crippen molar-refractivity contribution in [2.45, 2.75) is 20.4 Å². The van der Waals surface area contributed by atoms with Gasteiger partial charge in [0, 0.05) is 23.1 Å². The van der Waals surface area contributed by atoms with E-state index in [2.05, 4.69) is 0 Å². The minimum absolute atomic E-state index is 0.0607. The molecule has 32 heavy (non-hydrogen) atoms. The highest BCUT2D eigenvalue weighted by atomic mass is 32.1. The lowest BCUT2D eigenvalue weighted by Crippen LogP contribution is -2.38. The Labute approximate surface area is 184 Å². The van der Waals surface area contributed by atoms with Crippen LogP contribution in [0.4, 0.5) is 5.69 Å². The van der Waals surface area contributed by atoms with Crippen molar-refractivity contribution < 1.29 is 14.4 Å². The summed E-state index contributed by atoms with van der Waals surface area (Å²) in [7, 11) is 0. The molecule has 0 bridgehead atoms. The molecule has 0 aliphatic carbocycles. The van der Waals surface area contributed by atoms with Gasteiger partial charge in [-0.1, -0.05) is 12.1 Å². The predicted molar refractivity (Wildman–Crippen MR) is 119 cm³/mol. The Bertz CT molecular complexity index is 1530. The first-order valence-corrected chi connectivity index (χ1v) is 10.6. The SMILES string of the molecule is Cc1sc2c(c1C)c(=O)n(-c1ccc3c(c1)OCO3)c(=O)n2Cc1cccc([N+](=O)[O-])c1. The van der Waals surface area contributed by atoms with E-state index < -0.39 is 16.2 Å². The highest BCUT2D eigenvalue weighted by Crippen LogP contribution is 2.33. The van der Waals surface area contributed by atoms with Crippen molar-refractivity contribution in [2.24, 2.45) is 0 Å². The molecule has 1 aliphatic rings. The summed E-state index contributed by atoms with van der Waals surface area (Å²) in [6, 6.07) is 11.0. The lowest BCUT2D eigenvalue weighted by Gasteiger charge is -2.13. The van der Waals surface area contributed by atoms with Gasteiger partial charge in [0.1, 0.15) is 4.83 Å². The standard InChI is InChI=1S/C22H17N3O6S/c1-12-13(2)32-21-19(12)20(26)24(15-6-7-17-18(9-15)31-11-30-17)22(27)23(21)10-14-4-3-5-16(8-14)25(28)29/h3-9H,10-11H2,1-2H3. The highest BCUT2D eigenvalue weighted by molar-refractivity contribution is 7.18. The van der Waals surface area contributed by atoms with E-state index in [1.807, 2.05) is 13.8 Å². The molecule has 4 aromatic rings. The summed E-state index contributed by atoms with van der Waals surface area (Å²) in [5.41, 5.74) is 0.742. The Morgan fingerprint density at radius 3 is 2.66 bits per heavy atom. The van der Waals surface area contributed by atoms with Gasteiger partial charge in [-0.3, -0.25) is 19.5 Å². The summed E-state index contributed by atoms with van der Waals surface area (Å²) in [6.45, 7) is 3.90. The third kappa shape index (κ3) is 3.07. The molecule has 10 heteroatoms. The molecular weight excluding hydrogens is 434 g/mol. The summed E-state index contributed by atoms with van der Waals surface area (Å²) in [5.74, 6) is 1.000. The molecular formula is C22H17N3O6S. The quantitative estimate of drug-likeness (QED) is 0.347. The van der Waals surface area contributed by atoms with Crippen molar-refractivity contribution in [2.75, 3.05) is 6.79 Å². The molecule has 2 aromatic heterocycles. The van der Waals surface area contributed by atoms with Gasteiger partial charge < -0.3 is 9.47 Å². The predicted octanol–water partition coefficient (Wildman–Crippen LogP) is 3.52. The monoisotopic (exact) mass is 451 g/mol. The fourth-order valence-electron chi connectivity index (χ4n) is 3.80. The first kappa shape index (κ1) is 20.0. The number of aryl methyl sites for hydroxylation is 2. The van der Waals surface area contributed by atoms with Crippen molar-refractivity contribution in [3.05, 3.63) is 89.4 Å². The second-order valence-electron chi connectivity index (χ2n) is 7.44. The van der Waals surface area contributed by atoms with Gasteiger partial charge in [0.15, 0.2) is 11.5 Å². The number of nitro benzene ring substituents is 1. The van der Waals surface area contributed by atoms with Crippen molar-refractivity contribution >= 4 is 27.2 Å². The molecule has 0 spiro atoms. The molecule has 162 valence electrons. The van der Waals surface area contributed by atoms with Crippen molar-refractivity contribution in [3.63, 3.8) is 0 Å². The average molecular weight is 451 g/mol. The van der Waals surface area contributed by atoms with E-state index in [0.29, 0.717) is 33.0 Å². The van der Waals surface area contributed by atoms with E-state index in [4.69, 9.17) is 9.47 Å². The van der Waals surface area contributed by atoms with Crippen LogP contribution in [0.3, 0.4) is 0 Å². The van der Waals surface area contributed by atoms with Crippen molar-refractivity contribution in [1.82, 2.24) is 9.13 Å². The van der Waals surface area contributed by atoms with E-state index >= 15 is 0 Å². The van der Waals surface area contributed by atoms with E-state index in [9.17, 15) is 19.7 Å². The Morgan fingerprint density at radius 1 is 1.09 bits per heavy atom. The van der Waals surface area contributed by atoms with Crippen molar-refractivity contribution in [3.8, 4) is 17.2 Å². The normalized spacial score (nSPS) is 12.4. The Balaban J connectivity index is 1.77. The topological polar surface area (TPSA) is 106 Å². The fourth-order valence-corrected chi connectivity index (χ4v) is 4.94. The van der Waals surface area contributed by atoms with Crippen LogP contribution in [0.15, 0.2) is 52.1 Å². The number of thiophene rings is 1. The lowest BCUT2D eigenvalue weighted by molar-refractivity contribution is -0.384. The highest BCUT2D eigenvalue weighted by Gasteiger charge is 2.22. The summed E-state index contributed by atoms with van der Waals surface area (Å²) in [5, 5.41) is 11.6. The zero-order valence-corrected chi connectivity index (χ0v) is 18.0. The number of ether oxygens (including phenoxy) is 2. The van der Waals surface area contributed by atoms with Gasteiger partial charge in [-0.05, 0) is 37.1 Å². The average Bonchev–Trinajstić information content (AvgIpc) is 3.35. The second kappa shape index (κ2) is 7.34. The number of non-ortho nitro benzene ring substituents is 1. The number of hydrogen-bond acceptors (Lipinski definition) is 7. The van der Waals surface area contributed by atoms with Crippen LogP contribution < -0.4 is 20.7 Å². The number of hydrogen-bond donors (Lipinski definition) is 0.